The molecule has 0 aliphatic rings. The lowest BCUT2D eigenvalue weighted by atomic mass is 10.0. The van der Waals surface area contributed by atoms with Crippen LogP contribution in [0.3, 0.4) is 0 Å². The Bertz CT molecular complexity index is 2750. The number of hydrogen-bond acceptors (Lipinski definition) is 15. The van der Waals surface area contributed by atoms with E-state index in [1.807, 2.05) is 18.2 Å². The Balaban J connectivity index is 5.48. The minimum absolute atomic E-state index is 0.0250. The maximum Gasteiger partial charge on any atom is 0.472 e. The van der Waals surface area contributed by atoms with Gasteiger partial charge in [0.15, 0.2) is 12.2 Å². The molecule has 0 bridgehead atoms. The molecule has 0 aliphatic carbocycles. The van der Waals surface area contributed by atoms with Gasteiger partial charge in [-0.2, -0.15) is 0 Å². The predicted molar refractivity (Wildman–Crippen MR) is 454 cm³/mol. The lowest BCUT2D eigenvalue weighted by Crippen LogP contribution is -2.30. The summed E-state index contributed by atoms with van der Waals surface area (Å²) in [4.78, 5) is 73.2. The number of carbonyl (C=O) groups excluding carboxylic acids is 4. The first-order valence-electron chi connectivity index (χ1n) is 42.4. The smallest absolute Gasteiger partial charge is 0.462 e. The molecular weight excluding hydrogens is 1430 g/mol. The molecule has 5 atom stereocenters. The van der Waals surface area contributed by atoms with Gasteiger partial charge in [-0.3, -0.25) is 37.3 Å². The fourth-order valence-electron chi connectivity index (χ4n) is 10.9. The summed E-state index contributed by atoms with van der Waals surface area (Å²) in [5, 5.41) is 10.7. The van der Waals surface area contributed by atoms with Gasteiger partial charge in [0.05, 0.1) is 26.4 Å². The van der Waals surface area contributed by atoms with Crippen LogP contribution in [0.15, 0.2) is 170 Å². The third-order valence-electron chi connectivity index (χ3n) is 17.2. The maximum atomic E-state index is 13.1. The average Bonchev–Trinajstić information content (AvgIpc) is 0.906. The summed E-state index contributed by atoms with van der Waals surface area (Å²) in [6.45, 7) is 4.43. The Hall–Kier alpha value is -5.58. The zero-order valence-electron chi connectivity index (χ0n) is 68.6. The summed E-state index contributed by atoms with van der Waals surface area (Å²) in [6.07, 6.45) is 97.6. The third kappa shape index (κ3) is 80.5. The zero-order chi connectivity index (χ0) is 80.3. The average molecular weight is 1580 g/mol. The van der Waals surface area contributed by atoms with E-state index in [1.165, 1.54) is 64.2 Å². The van der Waals surface area contributed by atoms with E-state index in [4.69, 9.17) is 37.0 Å². The molecular formula is C91H150O17P2. The highest BCUT2D eigenvalue weighted by molar-refractivity contribution is 7.47. The Kier molecular flexibility index (Phi) is 77.3. The Morgan fingerprint density at radius 1 is 0.264 bits per heavy atom. The van der Waals surface area contributed by atoms with Crippen LogP contribution in [0, 0.1) is 0 Å². The fraction of sp³-hybridized carbons (Fsp3) is 0.648. The molecule has 5 unspecified atom stereocenters. The second-order valence-corrected chi connectivity index (χ2v) is 30.5. The molecule has 0 aromatic carbocycles. The van der Waals surface area contributed by atoms with Gasteiger partial charge in [-0.15, -0.1) is 0 Å². The first-order chi connectivity index (χ1) is 53.7. The van der Waals surface area contributed by atoms with Crippen molar-refractivity contribution in [2.45, 2.75) is 341 Å². The van der Waals surface area contributed by atoms with Crippen molar-refractivity contribution in [3.05, 3.63) is 170 Å². The van der Waals surface area contributed by atoms with E-state index in [0.29, 0.717) is 32.1 Å². The van der Waals surface area contributed by atoms with Crippen LogP contribution in [0.25, 0.3) is 0 Å². The molecule has 0 aliphatic heterocycles. The molecule has 0 aromatic rings. The van der Waals surface area contributed by atoms with Crippen LogP contribution in [0.1, 0.15) is 323 Å². The molecule has 0 aromatic heterocycles. The molecule has 0 amide bonds. The maximum absolute atomic E-state index is 13.1. The van der Waals surface area contributed by atoms with Crippen LogP contribution in [-0.4, -0.2) is 96.7 Å². The number of phosphoric acid groups is 2. The van der Waals surface area contributed by atoms with Gasteiger partial charge < -0.3 is 33.8 Å². The molecule has 0 heterocycles. The molecule has 0 spiro atoms. The summed E-state index contributed by atoms with van der Waals surface area (Å²) in [6, 6.07) is 0. The van der Waals surface area contributed by atoms with Gasteiger partial charge in [0, 0.05) is 25.7 Å². The van der Waals surface area contributed by atoms with E-state index in [1.54, 1.807) is 0 Å². The van der Waals surface area contributed by atoms with Crippen LogP contribution in [0.2, 0.25) is 0 Å². The fourth-order valence-corrected chi connectivity index (χ4v) is 12.5. The highest BCUT2D eigenvalue weighted by Crippen LogP contribution is 2.45. The highest BCUT2D eigenvalue weighted by atomic mass is 31.2. The van der Waals surface area contributed by atoms with Crippen molar-refractivity contribution in [1.82, 2.24) is 0 Å². The topological polar surface area (TPSA) is 237 Å². The van der Waals surface area contributed by atoms with Gasteiger partial charge in [-0.1, -0.05) is 326 Å². The van der Waals surface area contributed by atoms with E-state index >= 15 is 0 Å². The van der Waals surface area contributed by atoms with Crippen LogP contribution in [-0.2, 0) is 65.4 Å². The van der Waals surface area contributed by atoms with Crippen LogP contribution in [0.4, 0.5) is 0 Å². The van der Waals surface area contributed by atoms with Crippen molar-refractivity contribution < 1.29 is 80.2 Å². The zero-order valence-corrected chi connectivity index (χ0v) is 70.4. The standard InChI is InChI=1S/C91H150O17P2/c1-5-9-13-17-21-25-29-33-37-40-42-45-48-51-55-59-63-67-71-75-88(93)101-81-86(107-90(95)77-73-69-65-61-57-53-47-36-32-28-24-20-16-12-8-4)83-105-109(97,98)103-79-85(92)80-104-110(99,100)106-84-87(108-91(96)78-74-70-66-62-58-54-50-44-39-35-31-27-23-19-15-11-7-3)82-102-89(94)76-72-68-64-60-56-52-49-46-43-41-38-34-30-26-22-18-14-10-6-2/h9-11,13-15,21-23,25-27,33-35,37-39,42-43,45-46,50,52,54,56,64,68,85-87,92H,5-8,12,16-20,24,28-32,36,40-41,44,47-49,51,53,55,57-63,65-67,69-84H2,1-4H3,(H,97,98)(H,99,100)/b13-9-,14-10-,15-11-,25-21-,26-22-,27-23-,37-33-,38-34-,39-35-,45-42-,46-43-,54-50-,56-52-,68-64-. The lowest BCUT2D eigenvalue weighted by Gasteiger charge is -2.21. The number of esters is 4. The number of hydrogen-bond donors (Lipinski definition) is 3. The first kappa shape index (κ1) is 104. The number of phosphoric ester groups is 2. The molecule has 3 N–H and O–H groups in total. The Morgan fingerprint density at radius 3 is 0.782 bits per heavy atom. The molecule has 19 heteroatoms. The summed E-state index contributed by atoms with van der Waals surface area (Å²) in [5.74, 6) is -2.31. The van der Waals surface area contributed by atoms with Crippen molar-refractivity contribution in [2.24, 2.45) is 0 Å². The van der Waals surface area contributed by atoms with Gasteiger partial charge in [-0.25, -0.2) is 9.13 Å². The first-order valence-corrected chi connectivity index (χ1v) is 45.4. The van der Waals surface area contributed by atoms with Crippen molar-refractivity contribution in [1.29, 1.82) is 0 Å². The van der Waals surface area contributed by atoms with Gasteiger partial charge in [0.1, 0.15) is 19.3 Å². The van der Waals surface area contributed by atoms with E-state index in [-0.39, 0.29) is 25.7 Å². The summed E-state index contributed by atoms with van der Waals surface area (Å²) >= 11 is 0. The SMILES string of the molecule is CC/C=C\C/C=C\C/C=C\C/C=C\C/C=C\C/C=C\CCC(=O)OCC(COP(=O)(O)OCC(O)COP(=O)(O)OCC(COC(=O)CCCCCCCC/C=C\C/C=C\C/C=C\C/C=C\CC)OC(=O)CCCCCCCCCCCCCCCCC)OC(=O)CCCCCC/C=C\C/C=C\C/C=C\C/C=C\CC. The van der Waals surface area contributed by atoms with Crippen LogP contribution < -0.4 is 0 Å². The molecule has 0 radical (unpaired) electrons. The minimum atomic E-state index is -5.01. The molecule has 0 fully saturated rings. The molecule has 17 nitrogen and oxygen atoms in total. The van der Waals surface area contributed by atoms with Crippen molar-refractivity contribution >= 4 is 39.5 Å². The number of allylic oxidation sites excluding steroid dienone is 28. The molecule has 0 saturated carbocycles. The number of ether oxygens (including phenoxy) is 4. The van der Waals surface area contributed by atoms with Crippen molar-refractivity contribution in [3.8, 4) is 0 Å². The van der Waals surface area contributed by atoms with Crippen LogP contribution >= 0.6 is 15.6 Å². The number of rotatable bonds is 78. The summed E-state index contributed by atoms with van der Waals surface area (Å²) in [5.41, 5.74) is 0. The third-order valence-corrected chi connectivity index (χ3v) is 19.1. The Morgan fingerprint density at radius 2 is 0.491 bits per heavy atom. The highest BCUT2D eigenvalue weighted by Gasteiger charge is 2.30. The minimum Gasteiger partial charge on any atom is -0.462 e. The van der Waals surface area contributed by atoms with E-state index < -0.39 is 97.5 Å². The van der Waals surface area contributed by atoms with Gasteiger partial charge >= 0.3 is 39.5 Å². The normalized spacial score (nSPS) is 14.6. The summed E-state index contributed by atoms with van der Waals surface area (Å²) < 4.78 is 68.7. The summed E-state index contributed by atoms with van der Waals surface area (Å²) in [7, 11) is -10.0. The number of aliphatic hydroxyl groups excluding tert-OH is 1. The van der Waals surface area contributed by atoms with E-state index in [0.717, 1.165) is 173 Å². The van der Waals surface area contributed by atoms with Gasteiger partial charge in [-0.05, 0) is 141 Å². The lowest BCUT2D eigenvalue weighted by molar-refractivity contribution is -0.161. The number of unbranched alkanes of at least 4 members (excludes halogenated alkanes) is 24. The Labute approximate surface area is 667 Å². The second-order valence-electron chi connectivity index (χ2n) is 27.6. The van der Waals surface area contributed by atoms with E-state index in [9.17, 15) is 43.2 Å². The monoisotopic (exact) mass is 1580 g/mol. The van der Waals surface area contributed by atoms with Crippen LogP contribution in [0.5, 0.6) is 0 Å². The molecule has 0 saturated heterocycles. The molecule has 110 heavy (non-hydrogen) atoms. The molecule has 626 valence electrons. The number of carbonyl (C=O) groups is 4. The van der Waals surface area contributed by atoms with Crippen molar-refractivity contribution in [3.63, 3.8) is 0 Å². The number of aliphatic hydroxyl groups is 1. The quantitative estimate of drug-likeness (QED) is 0.0169. The van der Waals surface area contributed by atoms with Gasteiger partial charge in [0.25, 0.3) is 0 Å². The van der Waals surface area contributed by atoms with Gasteiger partial charge in [0.2, 0.25) is 0 Å². The predicted octanol–water partition coefficient (Wildman–Crippen LogP) is 25.3. The largest absolute Gasteiger partial charge is 0.472 e. The second kappa shape index (κ2) is 81.4. The van der Waals surface area contributed by atoms with Crippen molar-refractivity contribution in [2.75, 3.05) is 39.6 Å². The molecule has 0 rings (SSSR count). The van der Waals surface area contributed by atoms with E-state index in [2.05, 4.69) is 180 Å².